The second kappa shape index (κ2) is 7.94. The summed E-state index contributed by atoms with van der Waals surface area (Å²) in [5, 5.41) is 6.17. The van der Waals surface area contributed by atoms with E-state index in [1.807, 2.05) is 36.9 Å². The summed E-state index contributed by atoms with van der Waals surface area (Å²) in [5.41, 5.74) is 0.587. The first-order chi connectivity index (χ1) is 10.6. The highest BCUT2D eigenvalue weighted by Crippen LogP contribution is 2.13. The lowest BCUT2D eigenvalue weighted by Gasteiger charge is -2.33. The van der Waals surface area contributed by atoms with E-state index in [0.29, 0.717) is 18.7 Å². The first-order valence-corrected chi connectivity index (χ1v) is 7.99. The van der Waals surface area contributed by atoms with Gasteiger partial charge in [-0.15, -0.1) is 0 Å². The highest BCUT2D eigenvalue weighted by Gasteiger charge is 2.30. The smallest absolute Gasteiger partial charge is 0.251 e. The largest absolute Gasteiger partial charge is 0.340 e. The van der Waals surface area contributed by atoms with Crippen LogP contribution >= 0.6 is 0 Å². The lowest BCUT2D eigenvalue weighted by atomic mass is 9.97. The maximum atomic E-state index is 12.7. The molecule has 22 heavy (non-hydrogen) atoms. The monoisotopic (exact) mass is 303 g/mol. The van der Waals surface area contributed by atoms with E-state index in [9.17, 15) is 9.59 Å². The van der Waals surface area contributed by atoms with Crippen molar-refractivity contribution >= 4 is 11.8 Å². The molecule has 1 aromatic carbocycles. The number of nitrogens with zero attached hydrogens (tertiary/aromatic N) is 1. The molecule has 5 nitrogen and oxygen atoms in total. The van der Waals surface area contributed by atoms with Gasteiger partial charge in [0.25, 0.3) is 5.91 Å². The molecule has 120 valence electrons. The fraction of sp³-hybridized carbons (Fsp3) is 0.529. The van der Waals surface area contributed by atoms with Gasteiger partial charge in [0.05, 0.1) is 0 Å². The number of hydrogen-bond acceptors (Lipinski definition) is 3. The molecule has 1 fully saturated rings. The molecular formula is C17H25N3O2. The van der Waals surface area contributed by atoms with Crippen molar-refractivity contribution in [2.45, 2.75) is 26.3 Å². The summed E-state index contributed by atoms with van der Waals surface area (Å²) >= 11 is 0. The Hall–Kier alpha value is -1.88. The Balaban J connectivity index is 2.08. The number of hydrogen-bond donors (Lipinski definition) is 2. The number of benzene rings is 1. The zero-order valence-electron chi connectivity index (χ0n) is 13.3. The maximum Gasteiger partial charge on any atom is 0.251 e. The number of carbonyl (C=O) groups excluding carboxylic acids is 2. The van der Waals surface area contributed by atoms with Gasteiger partial charge in [-0.2, -0.15) is 0 Å². The summed E-state index contributed by atoms with van der Waals surface area (Å²) in [4.78, 5) is 27.0. The van der Waals surface area contributed by atoms with Gasteiger partial charge in [-0.05, 0) is 18.1 Å². The van der Waals surface area contributed by atoms with Gasteiger partial charge >= 0.3 is 0 Å². The minimum Gasteiger partial charge on any atom is -0.340 e. The first kappa shape index (κ1) is 16.5. The van der Waals surface area contributed by atoms with Crippen LogP contribution in [0, 0.1) is 5.92 Å². The molecule has 1 aliphatic heterocycles. The second-order valence-corrected chi connectivity index (χ2v) is 5.78. The van der Waals surface area contributed by atoms with E-state index in [0.717, 1.165) is 19.5 Å². The van der Waals surface area contributed by atoms with Gasteiger partial charge in [-0.25, -0.2) is 0 Å². The lowest BCUT2D eigenvalue weighted by Crippen LogP contribution is -2.56. The summed E-state index contributed by atoms with van der Waals surface area (Å²) in [6.45, 7) is 7.07. The topological polar surface area (TPSA) is 61.4 Å². The molecule has 1 heterocycles. The van der Waals surface area contributed by atoms with Crippen molar-refractivity contribution in [3.63, 3.8) is 0 Å². The third-order valence-electron chi connectivity index (χ3n) is 4.23. The van der Waals surface area contributed by atoms with E-state index >= 15 is 0 Å². The Morgan fingerprint density at radius 3 is 2.45 bits per heavy atom. The van der Waals surface area contributed by atoms with Crippen LogP contribution in [-0.4, -0.2) is 48.9 Å². The van der Waals surface area contributed by atoms with Crippen LogP contribution in [0.3, 0.4) is 0 Å². The molecule has 2 N–H and O–H groups in total. The molecule has 0 aliphatic carbocycles. The number of piperazine rings is 1. The van der Waals surface area contributed by atoms with Crippen LogP contribution in [-0.2, 0) is 4.79 Å². The molecule has 0 saturated carbocycles. The number of nitrogens with one attached hydrogen (secondary N) is 2. The van der Waals surface area contributed by atoms with Crippen molar-refractivity contribution in [1.82, 2.24) is 15.5 Å². The van der Waals surface area contributed by atoms with Gasteiger partial charge in [0, 0.05) is 31.7 Å². The molecule has 1 aromatic rings. The van der Waals surface area contributed by atoms with E-state index < -0.39 is 6.04 Å². The first-order valence-electron chi connectivity index (χ1n) is 7.99. The van der Waals surface area contributed by atoms with Crippen LogP contribution in [0.25, 0.3) is 0 Å². The summed E-state index contributed by atoms with van der Waals surface area (Å²) < 4.78 is 0. The number of amides is 2. The molecule has 0 spiro atoms. The Bertz CT molecular complexity index is 498. The van der Waals surface area contributed by atoms with Crippen LogP contribution in [0.2, 0.25) is 0 Å². The molecule has 0 radical (unpaired) electrons. The molecule has 2 amide bonds. The normalized spacial score (nSPS) is 17.6. The SMILES string of the molecule is CCC(C)C(NC(=O)c1ccccc1)C(=O)N1CCNCC1. The summed E-state index contributed by atoms with van der Waals surface area (Å²) in [5.74, 6) is -0.0513. The molecule has 2 rings (SSSR count). The van der Waals surface area contributed by atoms with E-state index in [2.05, 4.69) is 10.6 Å². The van der Waals surface area contributed by atoms with E-state index in [1.54, 1.807) is 12.1 Å². The molecule has 0 bridgehead atoms. The summed E-state index contributed by atoms with van der Waals surface area (Å²) in [6, 6.07) is 8.58. The van der Waals surface area contributed by atoms with E-state index in [-0.39, 0.29) is 17.7 Å². The molecule has 1 aliphatic rings. The standard InChI is InChI=1S/C17H25N3O2/c1-3-13(2)15(17(22)20-11-9-18-10-12-20)19-16(21)14-7-5-4-6-8-14/h4-8,13,15,18H,3,9-12H2,1-2H3,(H,19,21). The second-order valence-electron chi connectivity index (χ2n) is 5.78. The van der Waals surface area contributed by atoms with Crippen LogP contribution in [0.5, 0.6) is 0 Å². The third-order valence-corrected chi connectivity index (χ3v) is 4.23. The van der Waals surface area contributed by atoms with Crippen molar-refractivity contribution in [2.75, 3.05) is 26.2 Å². The number of rotatable bonds is 5. The van der Waals surface area contributed by atoms with Crippen LogP contribution in [0.4, 0.5) is 0 Å². The molecular weight excluding hydrogens is 278 g/mol. The molecule has 1 saturated heterocycles. The van der Waals surface area contributed by atoms with E-state index in [1.165, 1.54) is 0 Å². The van der Waals surface area contributed by atoms with Crippen molar-refractivity contribution in [3.05, 3.63) is 35.9 Å². The highest BCUT2D eigenvalue weighted by atomic mass is 16.2. The van der Waals surface area contributed by atoms with Gasteiger partial charge in [0.15, 0.2) is 0 Å². The average molecular weight is 303 g/mol. The third kappa shape index (κ3) is 4.07. The molecule has 2 atom stereocenters. The minimum absolute atomic E-state index is 0.0279. The predicted molar refractivity (Wildman–Crippen MR) is 86.6 cm³/mol. The Kier molecular flexibility index (Phi) is 5.95. The minimum atomic E-state index is -0.462. The lowest BCUT2D eigenvalue weighted by molar-refractivity contribution is -0.135. The van der Waals surface area contributed by atoms with Crippen LogP contribution in [0.15, 0.2) is 30.3 Å². The molecule has 5 heteroatoms. The fourth-order valence-corrected chi connectivity index (χ4v) is 2.58. The maximum absolute atomic E-state index is 12.7. The summed E-state index contributed by atoms with van der Waals surface area (Å²) in [7, 11) is 0. The molecule has 2 unspecified atom stereocenters. The summed E-state index contributed by atoms with van der Waals surface area (Å²) in [6.07, 6.45) is 0.845. The van der Waals surface area contributed by atoms with Gasteiger partial charge in [-0.1, -0.05) is 38.5 Å². The van der Waals surface area contributed by atoms with Crippen LogP contribution < -0.4 is 10.6 Å². The van der Waals surface area contributed by atoms with Gasteiger partial charge < -0.3 is 15.5 Å². The van der Waals surface area contributed by atoms with Crippen molar-refractivity contribution < 1.29 is 9.59 Å². The Morgan fingerprint density at radius 1 is 1.23 bits per heavy atom. The van der Waals surface area contributed by atoms with Crippen molar-refractivity contribution in [3.8, 4) is 0 Å². The fourth-order valence-electron chi connectivity index (χ4n) is 2.58. The van der Waals surface area contributed by atoms with E-state index in [4.69, 9.17) is 0 Å². The van der Waals surface area contributed by atoms with Crippen molar-refractivity contribution in [2.24, 2.45) is 5.92 Å². The molecule has 0 aromatic heterocycles. The highest BCUT2D eigenvalue weighted by molar-refractivity contribution is 5.97. The number of carbonyl (C=O) groups is 2. The quantitative estimate of drug-likeness (QED) is 0.861. The zero-order chi connectivity index (χ0) is 15.9. The average Bonchev–Trinajstić information content (AvgIpc) is 2.59. The Labute approximate surface area is 132 Å². The van der Waals surface area contributed by atoms with Crippen molar-refractivity contribution in [1.29, 1.82) is 0 Å². The van der Waals surface area contributed by atoms with Gasteiger partial charge in [-0.3, -0.25) is 9.59 Å². The zero-order valence-corrected chi connectivity index (χ0v) is 13.3. The Morgan fingerprint density at radius 2 is 1.86 bits per heavy atom. The van der Waals surface area contributed by atoms with Gasteiger partial charge in [0.1, 0.15) is 6.04 Å². The van der Waals surface area contributed by atoms with Gasteiger partial charge in [0.2, 0.25) is 5.91 Å². The predicted octanol–water partition coefficient (Wildman–Crippen LogP) is 1.26. The van der Waals surface area contributed by atoms with Crippen LogP contribution in [0.1, 0.15) is 30.6 Å².